The molecule has 3 nitrogen and oxygen atoms in total. The zero-order valence-electron chi connectivity index (χ0n) is 9.14. The van der Waals surface area contributed by atoms with Crippen LogP contribution < -0.4 is 0 Å². The number of aldehydes is 1. The summed E-state index contributed by atoms with van der Waals surface area (Å²) in [6.45, 7) is 2.05. The van der Waals surface area contributed by atoms with Gasteiger partial charge in [-0.3, -0.25) is 0 Å². The molecule has 2 aromatic rings. The zero-order valence-corrected chi connectivity index (χ0v) is 9.14. The summed E-state index contributed by atoms with van der Waals surface area (Å²) >= 11 is 0. The van der Waals surface area contributed by atoms with Gasteiger partial charge in [0, 0.05) is 12.8 Å². The molecule has 0 saturated heterocycles. The molecule has 0 aliphatic rings. The minimum absolute atomic E-state index is 0.317. The molecule has 1 heterocycles. The summed E-state index contributed by atoms with van der Waals surface area (Å²) in [5.74, 6) is 0.653. The highest BCUT2D eigenvalue weighted by Crippen LogP contribution is 2.10. The van der Waals surface area contributed by atoms with Crippen LogP contribution in [0.25, 0.3) is 0 Å². The van der Waals surface area contributed by atoms with E-state index in [0.29, 0.717) is 24.4 Å². The minimum atomic E-state index is 0.317. The minimum Gasteiger partial charge on any atom is -0.448 e. The fourth-order valence-electron chi connectivity index (χ4n) is 1.49. The molecule has 0 fully saturated rings. The Morgan fingerprint density at radius 3 is 2.75 bits per heavy atom. The molecule has 0 saturated carbocycles. The second kappa shape index (κ2) is 4.75. The van der Waals surface area contributed by atoms with E-state index >= 15 is 0 Å². The Hall–Kier alpha value is -1.90. The van der Waals surface area contributed by atoms with Crippen molar-refractivity contribution in [2.75, 3.05) is 0 Å². The van der Waals surface area contributed by atoms with Gasteiger partial charge >= 0.3 is 0 Å². The molecule has 3 heteroatoms. The van der Waals surface area contributed by atoms with Gasteiger partial charge in [-0.1, -0.05) is 29.8 Å². The number of carbonyl (C=O) groups is 1. The lowest BCUT2D eigenvalue weighted by Gasteiger charge is -1.97. The number of rotatable bonds is 4. The highest BCUT2D eigenvalue weighted by atomic mass is 16.3. The van der Waals surface area contributed by atoms with Crippen molar-refractivity contribution >= 4 is 6.29 Å². The Morgan fingerprint density at radius 2 is 2.06 bits per heavy atom. The van der Waals surface area contributed by atoms with Crippen LogP contribution >= 0.6 is 0 Å². The van der Waals surface area contributed by atoms with E-state index in [9.17, 15) is 4.79 Å². The Morgan fingerprint density at radius 1 is 1.31 bits per heavy atom. The molecule has 0 aliphatic heterocycles. The number of hydrogen-bond acceptors (Lipinski definition) is 3. The molecule has 1 aromatic heterocycles. The van der Waals surface area contributed by atoms with Crippen LogP contribution in [0.15, 0.2) is 34.9 Å². The highest BCUT2D eigenvalue weighted by Gasteiger charge is 2.04. The molecule has 0 amide bonds. The van der Waals surface area contributed by atoms with Gasteiger partial charge in [0.2, 0.25) is 0 Å². The van der Waals surface area contributed by atoms with Crippen LogP contribution in [0.4, 0.5) is 0 Å². The van der Waals surface area contributed by atoms with Crippen molar-refractivity contribution in [1.82, 2.24) is 4.98 Å². The summed E-state index contributed by atoms with van der Waals surface area (Å²) in [6.07, 6.45) is 3.35. The smallest absolute Gasteiger partial charge is 0.198 e. The van der Waals surface area contributed by atoms with E-state index in [-0.39, 0.29) is 0 Å². The summed E-state index contributed by atoms with van der Waals surface area (Å²) in [4.78, 5) is 14.5. The van der Waals surface area contributed by atoms with E-state index in [2.05, 4.69) is 36.2 Å². The van der Waals surface area contributed by atoms with E-state index in [0.717, 1.165) is 11.8 Å². The molecule has 0 atom stereocenters. The Bertz CT molecular complexity index is 471. The van der Waals surface area contributed by atoms with Gasteiger partial charge in [0.15, 0.2) is 5.89 Å². The summed E-state index contributed by atoms with van der Waals surface area (Å²) < 4.78 is 5.28. The maximum absolute atomic E-state index is 10.3. The maximum atomic E-state index is 10.3. The summed E-state index contributed by atoms with van der Waals surface area (Å²) in [7, 11) is 0. The molecule has 16 heavy (non-hydrogen) atoms. The first-order valence-electron chi connectivity index (χ1n) is 5.20. The first kappa shape index (κ1) is 10.6. The van der Waals surface area contributed by atoms with Crippen molar-refractivity contribution in [3.8, 4) is 0 Å². The number of benzene rings is 1. The number of oxazole rings is 1. The van der Waals surface area contributed by atoms with E-state index < -0.39 is 0 Å². The van der Waals surface area contributed by atoms with Gasteiger partial charge in [-0.15, -0.1) is 0 Å². The molecule has 0 spiro atoms. The molecule has 0 unspecified atom stereocenters. The molecule has 0 radical (unpaired) electrons. The van der Waals surface area contributed by atoms with Crippen molar-refractivity contribution in [2.45, 2.75) is 19.8 Å². The first-order chi connectivity index (χ1) is 7.78. The van der Waals surface area contributed by atoms with E-state index in [1.54, 1.807) is 0 Å². The van der Waals surface area contributed by atoms with Crippen LogP contribution in [-0.4, -0.2) is 11.3 Å². The van der Waals surface area contributed by atoms with E-state index in [1.807, 2.05) is 0 Å². The van der Waals surface area contributed by atoms with Crippen molar-refractivity contribution in [3.63, 3.8) is 0 Å². The normalized spacial score (nSPS) is 10.3. The van der Waals surface area contributed by atoms with Gasteiger partial charge in [0.25, 0.3) is 0 Å². The summed E-state index contributed by atoms with van der Waals surface area (Å²) in [5.41, 5.74) is 3.08. The molecule has 0 aliphatic carbocycles. The SMILES string of the molecule is Cc1ccc(Cc2nc(CC=O)co2)cc1. The average Bonchev–Trinajstić information content (AvgIpc) is 2.70. The third kappa shape index (κ3) is 2.57. The first-order valence-corrected chi connectivity index (χ1v) is 5.20. The Balaban J connectivity index is 2.08. The lowest BCUT2D eigenvalue weighted by Crippen LogP contribution is -1.90. The molecular weight excluding hydrogens is 202 g/mol. The van der Waals surface area contributed by atoms with Gasteiger partial charge in [0.1, 0.15) is 12.5 Å². The van der Waals surface area contributed by atoms with Crippen LogP contribution in [0.3, 0.4) is 0 Å². The third-order valence-electron chi connectivity index (χ3n) is 2.37. The number of nitrogens with zero attached hydrogens (tertiary/aromatic N) is 1. The standard InChI is InChI=1S/C13H13NO2/c1-10-2-4-11(5-3-10)8-13-14-12(6-7-15)9-16-13/h2-5,7,9H,6,8H2,1H3. The van der Waals surface area contributed by atoms with Crippen molar-refractivity contribution in [3.05, 3.63) is 53.2 Å². The van der Waals surface area contributed by atoms with Crippen LogP contribution in [0.5, 0.6) is 0 Å². The van der Waals surface area contributed by atoms with Crippen LogP contribution in [-0.2, 0) is 17.6 Å². The van der Waals surface area contributed by atoms with Gasteiger partial charge in [0.05, 0.1) is 5.69 Å². The molecule has 0 bridgehead atoms. The van der Waals surface area contributed by atoms with Gasteiger partial charge in [-0.05, 0) is 12.5 Å². The molecule has 2 rings (SSSR count). The molecule has 1 aromatic carbocycles. The quantitative estimate of drug-likeness (QED) is 0.735. The van der Waals surface area contributed by atoms with Crippen LogP contribution in [0, 0.1) is 6.92 Å². The number of carbonyl (C=O) groups excluding carboxylic acids is 1. The van der Waals surface area contributed by atoms with Crippen LogP contribution in [0.2, 0.25) is 0 Å². The Kier molecular flexibility index (Phi) is 3.15. The summed E-state index contributed by atoms with van der Waals surface area (Å²) in [6, 6.07) is 8.23. The van der Waals surface area contributed by atoms with E-state index in [1.165, 1.54) is 11.8 Å². The van der Waals surface area contributed by atoms with E-state index in [4.69, 9.17) is 4.42 Å². The second-order valence-corrected chi connectivity index (χ2v) is 3.77. The highest BCUT2D eigenvalue weighted by molar-refractivity contribution is 5.53. The second-order valence-electron chi connectivity index (χ2n) is 3.77. The number of aryl methyl sites for hydroxylation is 1. The van der Waals surface area contributed by atoms with Crippen molar-refractivity contribution < 1.29 is 9.21 Å². The number of hydrogen-bond donors (Lipinski definition) is 0. The van der Waals surface area contributed by atoms with Gasteiger partial charge < -0.3 is 9.21 Å². The van der Waals surface area contributed by atoms with Crippen molar-refractivity contribution in [2.24, 2.45) is 0 Å². The molecule has 0 N–H and O–H groups in total. The fraction of sp³-hybridized carbons (Fsp3) is 0.231. The predicted octanol–water partition coefficient (Wildman–Crippen LogP) is 2.32. The lowest BCUT2D eigenvalue weighted by molar-refractivity contribution is -0.107. The maximum Gasteiger partial charge on any atom is 0.198 e. The topological polar surface area (TPSA) is 43.1 Å². The fourth-order valence-corrected chi connectivity index (χ4v) is 1.49. The Labute approximate surface area is 94.1 Å². The lowest BCUT2D eigenvalue weighted by atomic mass is 10.1. The zero-order chi connectivity index (χ0) is 11.4. The largest absolute Gasteiger partial charge is 0.448 e. The van der Waals surface area contributed by atoms with Gasteiger partial charge in [-0.25, -0.2) is 4.98 Å². The number of aromatic nitrogens is 1. The monoisotopic (exact) mass is 215 g/mol. The molecular formula is C13H13NO2. The van der Waals surface area contributed by atoms with Crippen LogP contribution in [0.1, 0.15) is 22.7 Å². The summed E-state index contributed by atoms with van der Waals surface area (Å²) in [5, 5.41) is 0. The van der Waals surface area contributed by atoms with Gasteiger partial charge in [-0.2, -0.15) is 0 Å². The van der Waals surface area contributed by atoms with Crippen molar-refractivity contribution in [1.29, 1.82) is 0 Å². The molecule has 82 valence electrons. The predicted molar refractivity (Wildman–Crippen MR) is 60.3 cm³/mol. The third-order valence-corrected chi connectivity index (χ3v) is 2.37. The average molecular weight is 215 g/mol.